The minimum Gasteiger partial charge on any atom is -0.454 e. The van der Waals surface area contributed by atoms with Gasteiger partial charge in [0.05, 0.1) is 10.5 Å². The highest BCUT2D eigenvalue weighted by atomic mass is 32.2. The Morgan fingerprint density at radius 1 is 1.47 bits per heavy atom. The summed E-state index contributed by atoms with van der Waals surface area (Å²) in [6.45, 7) is 0.873. The van der Waals surface area contributed by atoms with E-state index >= 15 is 0 Å². The fourth-order valence-corrected chi connectivity index (χ4v) is 3.04. The van der Waals surface area contributed by atoms with Gasteiger partial charge in [-0.1, -0.05) is 0 Å². The fourth-order valence-electron chi connectivity index (χ4n) is 2.30. The molecule has 2 aliphatic rings. The van der Waals surface area contributed by atoms with E-state index < -0.39 is 6.10 Å². The molecular formula is C12H14NO3S+. The van der Waals surface area contributed by atoms with Crippen molar-refractivity contribution in [3.05, 3.63) is 17.2 Å². The second-order valence-electron chi connectivity index (χ2n) is 4.23. The second-order valence-corrected chi connectivity index (χ2v) is 5.05. The number of thioether (sulfide) groups is 1. The lowest BCUT2D eigenvalue weighted by Gasteiger charge is -2.19. The van der Waals surface area contributed by atoms with Gasteiger partial charge in [0.25, 0.3) is 0 Å². The van der Waals surface area contributed by atoms with Gasteiger partial charge in [0.15, 0.2) is 24.3 Å². The number of fused-ring (bicyclic) bond motifs is 2. The molecule has 90 valence electrons. The number of benzene rings is 1. The maximum absolute atomic E-state index is 10.1. The first-order valence-corrected chi connectivity index (χ1v) is 6.67. The molecule has 0 bridgehead atoms. The van der Waals surface area contributed by atoms with Gasteiger partial charge < -0.3 is 14.6 Å². The van der Waals surface area contributed by atoms with Crippen LogP contribution < -0.4 is 9.47 Å². The number of ether oxygens (including phenoxy) is 2. The molecule has 0 aliphatic carbocycles. The summed E-state index contributed by atoms with van der Waals surface area (Å²) in [7, 11) is 1.96. The maximum atomic E-state index is 10.1. The quantitative estimate of drug-likeness (QED) is 0.603. The summed E-state index contributed by atoms with van der Waals surface area (Å²) in [5.41, 5.74) is 1.97. The summed E-state index contributed by atoms with van der Waals surface area (Å²) in [6, 6.07) is 1.89. The topological polar surface area (TPSA) is 41.7 Å². The monoisotopic (exact) mass is 252 g/mol. The van der Waals surface area contributed by atoms with Gasteiger partial charge >= 0.3 is 0 Å². The van der Waals surface area contributed by atoms with Crippen molar-refractivity contribution >= 4 is 18.0 Å². The third-order valence-electron chi connectivity index (χ3n) is 3.06. The van der Waals surface area contributed by atoms with E-state index in [0.717, 1.165) is 27.5 Å². The van der Waals surface area contributed by atoms with E-state index in [1.54, 1.807) is 11.8 Å². The molecule has 0 spiro atoms. The van der Waals surface area contributed by atoms with E-state index in [4.69, 9.17) is 9.47 Å². The molecule has 0 fully saturated rings. The van der Waals surface area contributed by atoms with Crippen molar-refractivity contribution in [2.24, 2.45) is 0 Å². The van der Waals surface area contributed by atoms with Crippen LogP contribution >= 0.6 is 11.8 Å². The summed E-state index contributed by atoms with van der Waals surface area (Å²) in [6.07, 6.45) is 3.59. The highest BCUT2D eigenvalue weighted by Crippen LogP contribution is 2.45. The zero-order chi connectivity index (χ0) is 12.0. The predicted octanol–water partition coefficient (Wildman–Crippen LogP) is 1.25. The zero-order valence-corrected chi connectivity index (χ0v) is 10.6. The molecule has 2 aliphatic heterocycles. The molecule has 17 heavy (non-hydrogen) atoms. The Morgan fingerprint density at radius 2 is 2.29 bits per heavy atom. The molecule has 2 heterocycles. The molecule has 0 saturated carbocycles. The van der Waals surface area contributed by atoms with Crippen LogP contribution in [0.15, 0.2) is 11.0 Å². The van der Waals surface area contributed by atoms with Gasteiger partial charge in [0, 0.05) is 5.56 Å². The highest BCUT2D eigenvalue weighted by molar-refractivity contribution is 7.98. The minimum absolute atomic E-state index is 0.262. The summed E-state index contributed by atoms with van der Waals surface area (Å²) in [4.78, 5) is 1.04. The molecular weight excluding hydrogens is 238 g/mol. The predicted molar refractivity (Wildman–Crippen MR) is 65.5 cm³/mol. The number of rotatable bonds is 1. The van der Waals surface area contributed by atoms with Crippen molar-refractivity contribution in [2.75, 3.05) is 26.6 Å². The standard InChI is InChI=1S/C12H14NO3S/c1-13-4-8-7(9(14)5-13)3-10-11(12(8)17-2)16-6-15-10/h3-4,9,14H,5-6H2,1-2H3/q+1. The Balaban J connectivity index is 2.27. The van der Waals surface area contributed by atoms with Gasteiger partial charge in [-0.2, -0.15) is 0 Å². The van der Waals surface area contributed by atoms with Crippen LogP contribution in [-0.2, 0) is 0 Å². The summed E-state index contributed by atoms with van der Waals surface area (Å²) < 4.78 is 12.9. The fraction of sp³-hybridized carbons (Fsp3) is 0.417. The van der Waals surface area contributed by atoms with Crippen LogP contribution in [-0.4, -0.2) is 42.5 Å². The van der Waals surface area contributed by atoms with Crippen molar-refractivity contribution in [3.63, 3.8) is 0 Å². The molecule has 1 atom stereocenters. The zero-order valence-electron chi connectivity index (χ0n) is 9.77. The molecule has 0 saturated heterocycles. The molecule has 1 aromatic carbocycles. The van der Waals surface area contributed by atoms with E-state index in [1.165, 1.54) is 0 Å². The average molecular weight is 252 g/mol. The van der Waals surface area contributed by atoms with Crippen LogP contribution in [0, 0.1) is 0 Å². The molecule has 0 amide bonds. The van der Waals surface area contributed by atoms with E-state index in [-0.39, 0.29) is 6.79 Å². The Hall–Kier alpha value is -1.20. The molecule has 1 aromatic rings. The molecule has 1 N–H and O–H groups in total. The highest BCUT2D eigenvalue weighted by Gasteiger charge is 2.31. The summed E-state index contributed by atoms with van der Waals surface area (Å²) in [5, 5.41) is 10.1. The van der Waals surface area contributed by atoms with E-state index in [0.29, 0.717) is 6.54 Å². The lowest BCUT2D eigenvalue weighted by Crippen LogP contribution is -2.24. The molecule has 3 rings (SSSR count). The largest absolute Gasteiger partial charge is 0.454 e. The number of likely N-dealkylation sites (N-methyl/N-ethyl adjacent to an activating group) is 1. The Kier molecular flexibility index (Phi) is 2.52. The first-order valence-electron chi connectivity index (χ1n) is 5.44. The van der Waals surface area contributed by atoms with Crippen molar-refractivity contribution in [3.8, 4) is 11.5 Å². The number of β-amino-alcohol motifs (C(OH)–C–C–N with tert-alkyl or cyclic N) is 1. The smallest absolute Gasteiger partial charge is 0.231 e. The normalized spacial score (nSPS) is 21.1. The third kappa shape index (κ3) is 1.61. The van der Waals surface area contributed by atoms with E-state index in [2.05, 4.69) is 6.21 Å². The van der Waals surface area contributed by atoms with Gasteiger partial charge in [0.1, 0.15) is 13.2 Å². The lowest BCUT2D eigenvalue weighted by atomic mass is 9.99. The van der Waals surface area contributed by atoms with Gasteiger partial charge in [-0.25, -0.2) is 4.58 Å². The van der Waals surface area contributed by atoms with Crippen LogP contribution in [0.2, 0.25) is 0 Å². The van der Waals surface area contributed by atoms with Gasteiger partial charge in [0.2, 0.25) is 6.79 Å². The molecule has 4 nitrogen and oxygen atoms in total. The van der Waals surface area contributed by atoms with E-state index in [1.807, 2.05) is 23.9 Å². The van der Waals surface area contributed by atoms with Crippen molar-refractivity contribution in [1.29, 1.82) is 0 Å². The lowest BCUT2D eigenvalue weighted by molar-refractivity contribution is -0.505. The second kappa shape index (κ2) is 3.92. The van der Waals surface area contributed by atoms with Crippen LogP contribution in [0.5, 0.6) is 11.5 Å². The van der Waals surface area contributed by atoms with Crippen LogP contribution in [0.4, 0.5) is 0 Å². The minimum atomic E-state index is -0.472. The first kappa shape index (κ1) is 10.9. The number of hydrogen-bond acceptors (Lipinski definition) is 4. The first-order chi connectivity index (χ1) is 8.20. The van der Waals surface area contributed by atoms with Crippen molar-refractivity contribution < 1.29 is 19.2 Å². The number of hydrogen-bond donors (Lipinski definition) is 1. The van der Waals surface area contributed by atoms with Gasteiger partial charge in [-0.3, -0.25) is 0 Å². The van der Waals surface area contributed by atoms with Crippen molar-refractivity contribution in [2.45, 2.75) is 11.0 Å². The van der Waals surface area contributed by atoms with Gasteiger partial charge in [-0.05, 0) is 12.3 Å². The molecule has 0 radical (unpaired) electrons. The Labute approximate surface area is 104 Å². The molecule has 0 aromatic heterocycles. The Morgan fingerprint density at radius 3 is 3.06 bits per heavy atom. The Bertz CT molecular complexity index is 513. The number of aliphatic hydroxyl groups is 1. The third-order valence-corrected chi connectivity index (χ3v) is 3.88. The summed E-state index contributed by atoms with van der Waals surface area (Å²) in [5.74, 6) is 1.54. The maximum Gasteiger partial charge on any atom is 0.231 e. The molecule has 5 heteroatoms. The van der Waals surface area contributed by atoms with Gasteiger partial charge in [-0.15, -0.1) is 11.8 Å². The van der Waals surface area contributed by atoms with Crippen LogP contribution in [0.25, 0.3) is 0 Å². The number of aliphatic hydroxyl groups excluding tert-OH is 1. The molecule has 1 unspecified atom stereocenters. The van der Waals surface area contributed by atoms with E-state index in [9.17, 15) is 5.11 Å². The average Bonchev–Trinajstić information content (AvgIpc) is 2.74. The van der Waals surface area contributed by atoms with Crippen LogP contribution in [0.3, 0.4) is 0 Å². The number of nitrogens with zero attached hydrogens (tertiary/aromatic N) is 1. The summed E-state index contributed by atoms with van der Waals surface area (Å²) >= 11 is 1.62. The van der Waals surface area contributed by atoms with Crippen LogP contribution in [0.1, 0.15) is 17.2 Å². The van der Waals surface area contributed by atoms with Crippen molar-refractivity contribution in [1.82, 2.24) is 0 Å². The SMILES string of the molecule is CSc1c2c(cc3c1OCO3)C(O)C[N+](C)=C2.